The Bertz CT molecular complexity index is 1470. The number of anilines is 1. The maximum Gasteiger partial charge on any atom is 0.326 e. The van der Waals surface area contributed by atoms with Gasteiger partial charge in [-0.1, -0.05) is 35.9 Å². The second-order valence-electron chi connectivity index (χ2n) is 8.24. The number of aryl methyl sites for hydroxylation is 1. The number of fused-ring (bicyclic) bond motifs is 1. The fourth-order valence-electron chi connectivity index (χ4n) is 4.04. The summed E-state index contributed by atoms with van der Waals surface area (Å²) in [5.41, 5.74) is 1.60. The van der Waals surface area contributed by atoms with Crippen LogP contribution in [0.1, 0.15) is 11.1 Å². The van der Waals surface area contributed by atoms with Crippen LogP contribution in [0.4, 0.5) is 5.69 Å². The molecule has 4 rings (SSSR count). The molecule has 0 fully saturated rings. The van der Waals surface area contributed by atoms with Crippen LogP contribution in [0.25, 0.3) is 0 Å². The van der Waals surface area contributed by atoms with E-state index < -0.39 is 38.6 Å². The topological polar surface area (TPSA) is 110 Å². The van der Waals surface area contributed by atoms with Crippen LogP contribution in [0.2, 0.25) is 0 Å². The molecular formula is C25H26N2O7S2. The molecule has 0 saturated carbocycles. The molecule has 1 heterocycles. The second kappa shape index (κ2) is 9.92. The fourth-order valence-corrected chi connectivity index (χ4v) is 7.10. The number of ether oxygens (including phenoxy) is 2. The van der Waals surface area contributed by atoms with E-state index in [0.717, 1.165) is 21.3 Å². The number of hydrogen-bond donors (Lipinski definition) is 0. The Labute approximate surface area is 211 Å². The average molecular weight is 531 g/mol. The van der Waals surface area contributed by atoms with Crippen molar-refractivity contribution in [2.45, 2.75) is 29.3 Å². The van der Waals surface area contributed by atoms with Crippen LogP contribution in [-0.2, 0) is 36.1 Å². The van der Waals surface area contributed by atoms with Crippen molar-refractivity contribution in [2.24, 2.45) is 0 Å². The first kappa shape index (κ1) is 25.7. The third-order valence-electron chi connectivity index (χ3n) is 6.02. The minimum Gasteiger partial charge on any atom is -0.497 e. The highest BCUT2D eigenvalue weighted by Gasteiger charge is 2.43. The molecule has 3 aromatic rings. The Hall–Kier alpha value is -3.41. The predicted molar refractivity (Wildman–Crippen MR) is 134 cm³/mol. The van der Waals surface area contributed by atoms with Crippen molar-refractivity contribution in [1.82, 2.24) is 4.31 Å². The normalized spacial score (nSPS) is 16.6. The van der Waals surface area contributed by atoms with E-state index in [9.17, 15) is 21.6 Å². The van der Waals surface area contributed by atoms with E-state index in [1.165, 1.54) is 43.5 Å². The van der Waals surface area contributed by atoms with Gasteiger partial charge in [-0.05, 0) is 55.0 Å². The maximum absolute atomic E-state index is 13.8. The summed E-state index contributed by atoms with van der Waals surface area (Å²) in [5, 5.41) is 0. The van der Waals surface area contributed by atoms with Crippen molar-refractivity contribution in [3.63, 3.8) is 0 Å². The molecular weight excluding hydrogens is 504 g/mol. The SMILES string of the molecule is COC(=O)C1CN(S(=O)(=O)c2ccc(C)cc2)c2ccccc2CN1S(=O)(=O)c1ccc(OC)cc1. The molecule has 1 aliphatic rings. The van der Waals surface area contributed by atoms with Crippen molar-refractivity contribution in [3.05, 3.63) is 83.9 Å². The maximum atomic E-state index is 13.8. The van der Waals surface area contributed by atoms with Crippen LogP contribution in [0.5, 0.6) is 5.75 Å². The van der Waals surface area contributed by atoms with Gasteiger partial charge in [0.25, 0.3) is 10.0 Å². The lowest BCUT2D eigenvalue weighted by atomic mass is 10.2. The first-order valence-electron chi connectivity index (χ1n) is 11.0. The number of benzene rings is 3. The van der Waals surface area contributed by atoms with E-state index in [4.69, 9.17) is 9.47 Å². The van der Waals surface area contributed by atoms with Gasteiger partial charge in [-0.2, -0.15) is 4.31 Å². The van der Waals surface area contributed by atoms with Crippen LogP contribution in [0.15, 0.2) is 82.6 Å². The van der Waals surface area contributed by atoms with Gasteiger partial charge in [-0.15, -0.1) is 0 Å². The highest BCUT2D eigenvalue weighted by Crippen LogP contribution is 2.35. The van der Waals surface area contributed by atoms with Gasteiger partial charge in [-0.3, -0.25) is 9.10 Å². The molecule has 1 aliphatic heterocycles. The number of rotatable bonds is 6. The minimum absolute atomic E-state index is 0.0259. The molecule has 0 bridgehead atoms. The molecule has 0 radical (unpaired) electrons. The third kappa shape index (κ3) is 4.69. The van der Waals surface area contributed by atoms with E-state index in [2.05, 4.69) is 0 Å². The number of methoxy groups -OCH3 is 2. The minimum atomic E-state index is -4.24. The van der Waals surface area contributed by atoms with E-state index in [0.29, 0.717) is 17.0 Å². The molecule has 36 heavy (non-hydrogen) atoms. The van der Waals surface area contributed by atoms with Crippen molar-refractivity contribution >= 4 is 31.7 Å². The summed E-state index contributed by atoms with van der Waals surface area (Å²) >= 11 is 0. The lowest BCUT2D eigenvalue weighted by Crippen LogP contribution is -2.50. The molecule has 1 unspecified atom stereocenters. The third-order valence-corrected chi connectivity index (χ3v) is 9.68. The molecule has 0 aromatic heterocycles. The zero-order valence-electron chi connectivity index (χ0n) is 20.0. The van der Waals surface area contributed by atoms with Crippen LogP contribution in [0.3, 0.4) is 0 Å². The van der Waals surface area contributed by atoms with Gasteiger partial charge in [0, 0.05) is 6.54 Å². The van der Waals surface area contributed by atoms with Crippen LogP contribution >= 0.6 is 0 Å². The second-order valence-corrected chi connectivity index (χ2v) is 12.0. The van der Waals surface area contributed by atoms with E-state index in [1.807, 2.05) is 6.92 Å². The highest BCUT2D eigenvalue weighted by atomic mass is 32.2. The lowest BCUT2D eigenvalue weighted by molar-refractivity contribution is -0.144. The monoisotopic (exact) mass is 530 g/mol. The number of carbonyl (C=O) groups excluding carboxylic acids is 1. The summed E-state index contributed by atoms with van der Waals surface area (Å²) in [6, 6.07) is 17.2. The first-order chi connectivity index (χ1) is 17.1. The Balaban J connectivity index is 1.87. The zero-order valence-corrected chi connectivity index (χ0v) is 21.6. The summed E-state index contributed by atoms with van der Waals surface area (Å²) in [6.07, 6.45) is 0. The number of sulfonamides is 2. The van der Waals surface area contributed by atoms with Gasteiger partial charge in [0.05, 0.1) is 36.2 Å². The van der Waals surface area contributed by atoms with E-state index in [1.54, 1.807) is 36.4 Å². The lowest BCUT2D eigenvalue weighted by Gasteiger charge is -2.29. The standard InChI is InChI=1S/C25H26N2O7S2/c1-18-8-12-21(13-9-18)36(31,32)27-17-24(25(28)34-3)26(16-19-6-4-5-7-23(19)27)35(29,30)22-14-10-20(33-2)11-15-22/h4-15,24H,16-17H2,1-3H3. The van der Waals surface area contributed by atoms with Gasteiger partial charge in [0.15, 0.2) is 0 Å². The van der Waals surface area contributed by atoms with Gasteiger partial charge >= 0.3 is 5.97 Å². The van der Waals surface area contributed by atoms with Crippen LogP contribution in [0, 0.1) is 6.92 Å². The number of carbonyl (C=O) groups is 1. The molecule has 0 amide bonds. The summed E-state index contributed by atoms with van der Waals surface area (Å²) < 4.78 is 67.2. The zero-order chi connectivity index (χ0) is 26.1. The summed E-state index contributed by atoms with van der Waals surface area (Å²) in [5.74, 6) is -0.404. The number of para-hydroxylation sites is 1. The van der Waals surface area contributed by atoms with Crippen molar-refractivity contribution in [1.29, 1.82) is 0 Å². The molecule has 0 spiro atoms. The highest BCUT2D eigenvalue weighted by molar-refractivity contribution is 7.93. The molecule has 0 saturated heterocycles. The van der Waals surface area contributed by atoms with Gasteiger partial charge in [0.2, 0.25) is 10.0 Å². The van der Waals surface area contributed by atoms with Crippen molar-refractivity contribution < 1.29 is 31.1 Å². The van der Waals surface area contributed by atoms with E-state index in [-0.39, 0.29) is 16.3 Å². The molecule has 190 valence electrons. The smallest absolute Gasteiger partial charge is 0.326 e. The Morgan fingerprint density at radius 2 is 1.42 bits per heavy atom. The number of nitrogens with zero attached hydrogens (tertiary/aromatic N) is 2. The fraction of sp³-hybridized carbons (Fsp3) is 0.240. The van der Waals surface area contributed by atoms with Crippen LogP contribution < -0.4 is 9.04 Å². The summed E-state index contributed by atoms with van der Waals surface area (Å²) in [7, 11) is -5.79. The van der Waals surface area contributed by atoms with Gasteiger partial charge in [-0.25, -0.2) is 16.8 Å². The molecule has 9 nitrogen and oxygen atoms in total. The molecule has 11 heteroatoms. The van der Waals surface area contributed by atoms with Crippen LogP contribution in [-0.4, -0.2) is 53.9 Å². The molecule has 0 aliphatic carbocycles. The average Bonchev–Trinajstić information content (AvgIpc) is 3.07. The molecule has 0 N–H and O–H groups in total. The van der Waals surface area contributed by atoms with Crippen molar-refractivity contribution in [2.75, 3.05) is 25.1 Å². The van der Waals surface area contributed by atoms with Gasteiger partial charge in [0.1, 0.15) is 11.8 Å². The Kier molecular flexibility index (Phi) is 7.07. The molecule has 1 atom stereocenters. The Morgan fingerprint density at radius 1 is 0.833 bits per heavy atom. The molecule has 3 aromatic carbocycles. The number of hydrogen-bond acceptors (Lipinski definition) is 7. The summed E-state index contributed by atoms with van der Waals surface area (Å²) in [6.45, 7) is 1.15. The Morgan fingerprint density at radius 3 is 2.03 bits per heavy atom. The van der Waals surface area contributed by atoms with Crippen molar-refractivity contribution in [3.8, 4) is 5.75 Å². The van der Waals surface area contributed by atoms with E-state index >= 15 is 0 Å². The summed E-state index contributed by atoms with van der Waals surface area (Å²) in [4.78, 5) is 12.9. The number of esters is 1. The quantitative estimate of drug-likeness (QED) is 0.451. The predicted octanol–water partition coefficient (Wildman–Crippen LogP) is 2.95. The largest absolute Gasteiger partial charge is 0.497 e. The van der Waals surface area contributed by atoms with Gasteiger partial charge < -0.3 is 9.47 Å². The first-order valence-corrected chi connectivity index (χ1v) is 13.9.